The first-order chi connectivity index (χ1) is 10.6. The number of rotatable bonds is 4. The molecule has 3 aromatic rings. The first-order valence-corrected chi connectivity index (χ1v) is 7.71. The van der Waals surface area contributed by atoms with Crippen molar-refractivity contribution in [3.63, 3.8) is 0 Å². The van der Waals surface area contributed by atoms with E-state index in [1.807, 2.05) is 24.3 Å². The molecular weight excluding hydrogens is 320 g/mol. The molecule has 0 aliphatic rings. The van der Waals surface area contributed by atoms with Crippen molar-refractivity contribution in [1.82, 2.24) is 0 Å². The predicted molar refractivity (Wildman–Crippen MR) is 88.9 cm³/mol. The third-order valence-electron chi connectivity index (χ3n) is 3.28. The summed E-state index contributed by atoms with van der Waals surface area (Å²) in [5.41, 5.74) is 0.289. The van der Waals surface area contributed by atoms with E-state index >= 15 is 0 Å². The van der Waals surface area contributed by atoms with Crippen molar-refractivity contribution in [3.8, 4) is 16.9 Å². The number of hydrogen-bond acceptors (Lipinski definition) is 4. The standard InChI is InChI=1S/C17H11ClO3S/c1-21-12-6-8-13(9-7-12)22-17-14(15(19)16(17)20)10-2-4-11(18)5-3-10/h2-9H,1H3. The van der Waals surface area contributed by atoms with Crippen molar-refractivity contribution in [2.24, 2.45) is 0 Å². The molecule has 0 saturated carbocycles. The summed E-state index contributed by atoms with van der Waals surface area (Å²) in [7, 11) is 1.59. The van der Waals surface area contributed by atoms with Gasteiger partial charge in [0.25, 0.3) is 0 Å². The Morgan fingerprint density at radius 1 is 0.909 bits per heavy atom. The zero-order valence-electron chi connectivity index (χ0n) is 11.6. The predicted octanol–water partition coefficient (Wildman–Crippen LogP) is 3.76. The van der Waals surface area contributed by atoms with Crippen LogP contribution in [0.5, 0.6) is 5.75 Å². The first kappa shape index (κ1) is 14.9. The molecule has 0 aromatic heterocycles. The van der Waals surface area contributed by atoms with Crippen molar-refractivity contribution in [1.29, 1.82) is 0 Å². The fourth-order valence-corrected chi connectivity index (χ4v) is 3.24. The van der Waals surface area contributed by atoms with Crippen LogP contribution in [0.1, 0.15) is 0 Å². The molecule has 0 amide bonds. The highest BCUT2D eigenvalue weighted by Gasteiger charge is 2.23. The summed E-state index contributed by atoms with van der Waals surface area (Å²) in [5, 5.41) is 0.590. The number of hydrogen-bond donors (Lipinski definition) is 0. The normalized spacial score (nSPS) is 10.8. The number of benzene rings is 2. The van der Waals surface area contributed by atoms with E-state index in [1.54, 1.807) is 31.4 Å². The van der Waals surface area contributed by atoms with Gasteiger partial charge in [-0.15, -0.1) is 0 Å². The molecule has 3 aromatic carbocycles. The molecular formula is C17H11ClO3S. The second kappa shape index (κ2) is 5.99. The SMILES string of the molecule is COc1ccc(Sc2c(-c3ccc(Cl)cc3)c(=O)c2=O)cc1. The lowest BCUT2D eigenvalue weighted by Gasteiger charge is -2.11. The molecule has 5 heteroatoms. The molecule has 0 radical (unpaired) electrons. The summed E-state index contributed by atoms with van der Waals surface area (Å²) in [4.78, 5) is 25.1. The molecule has 3 rings (SSSR count). The molecule has 0 spiro atoms. The van der Waals surface area contributed by atoms with Gasteiger partial charge in [0.05, 0.1) is 17.6 Å². The maximum absolute atomic E-state index is 11.9. The molecule has 110 valence electrons. The van der Waals surface area contributed by atoms with E-state index in [1.165, 1.54) is 11.8 Å². The van der Waals surface area contributed by atoms with Crippen molar-refractivity contribution in [3.05, 3.63) is 74.0 Å². The van der Waals surface area contributed by atoms with Crippen LogP contribution in [0.25, 0.3) is 11.1 Å². The lowest BCUT2D eigenvalue weighted by atomic mass is 10.0. The van der Waals surface area contributed by atoms with Gasteiger partial charge in [-0.25, -0.2) is 0 Å². The van der Waals surface area contributed by atoms with Crippen LogP contribution in [-0.4, -0.2) is 7.11 Å². The Hall–Kier alpha value is -2.04. The fourth-order valence-electron chi connectivity index (χ4n) is 2.11. The van der Waals surface area contributed by atoms with Gasteiger partial charge >= 0.3 is 0 Å². The Morgan fingerprint density at radius 2 is 1.55 bits per heavy atom. The Morgan fingerprint density at radius 3 is 2.14 bits per heavy atom. The zero-order valence-corrected chi connectivity index (χ0v) is 13.2. The van der Waals surface area contributed by atoms with E-state index in [9.17, 15) is 9.59 Å². The van der Waals surface area contributed by atoms with Crippen LogP contribution in [-0.2, 0) is 0 Å². The Bertz CT molecular complexity index is 876. The maximum atomic E-state index is 11.9. The monoisotopic (exact) mass is 330 g/mol. The third-order valence-corrected chi connectivity index (χ3v) is 4.63. The van der Waals surface area contributed by atoms with E-state index in [4.69, 9.17) is 16.3 Å². The molecule has 0 fully saturated rings. The lowest BCUT2D eigenvalue weighted by molar-refractivity contribution is 0.414. The molecule has 0 unspecified atom stereocenters. The second-order valence-corrected chi connectivity index (χ2v) is 6.17. The molecule has 0 N–H and O–H groups in total. The maximum Gasteiger partial charge on any atom is 0.241 e. The highest BCUT2D eigenvalue weighted by atomic mass is 35.5. The van der Waals surface area contributed by atoms with Gasteiger partial charge < -0.3 is 4.74 Å². The fraction of sp³-hybridized carbons (Fsp3) is 0.0588. The van der Waals surface area contributed by atoms with E-state index in [2.05, 4.69) is 0 Å². The summed E-state index contributed by atoms with van der Waals surface area (Å²) in [6, 6.07) is 14.2. The molecule has 0 atom stereocenters. The topological polar surface area (TPSA) is 43.4 Å². The molecule has 0 saturated heterocycles. The Kier molecular flexibility index (Phi) is 4.05. The smallest absolute Gasteiger partial charge is 0.241 e. The molecule has 0 aliphatic heterocycles. The van der Waals surface area contributed by atoms with Crippen molar-refractivity contribution in [2.45, 2.75) is 9.79 Å². The van der Waals surface area contributed by atoms with Gasteiger partial charge in [-0.3, -0.25) is 9.59 Å². The minimum Gasteiger partial charge on any atom is -0.497 e. The molecule has 0 bridgehead atoms. The van der Waals surface area contributed by atoms with Crippen LogP contribution in [0.4, 0.5) is 0 Å². The van der Waals surface area contributed by atoms with Gasteiger partial charge in [0.2, 0.25) is 10.9 Å². The third kappa shape index (κ3) is 2.67. The summed E-state index contributed by atoms with van der Waals surface area (Å²) in [6.07, 6.45) is 0. The quantitative estimate of drug-likeness (QED) is 0.683. The number of ether oxygens (including phenoxy) is 1. The van der Waals surface area contributed by atoms with E-state index in [-0.39, 0.29) is 0 Å². The van der Waals surface area contributed by atoms with Crippen LogP contribution in [0.2, 0.25) is 5.02 Å². The average Bonchev–Trinajstić information content (AvgIpc) is 2.56. The Labute approximate surface area is 136 Å². The Balaban J connectivity index is 1.94. The van der Waals surface area contributed by atoms with Gasteiger partial charge in [0.15, 0.2) is 0 Å². The summed E-state index contributed by atoms with van der Waals surface area (Å²) in [6.45, 7) is 0. The van der Waals surface area contributed by atoms with Crippen LogP contribution in [0.3, 0.4) is 0 Å². The van der Waals surface area contributed by atoms with Gasteiger partial charge in [-0.1, -0.05) is 35.5 Å². The van der Waals surface area contributed by atoms with Crippen molar-refractivity contribution < 1.29 is 4.74 Å². The highest BCUT2D eigenvalue weighted by molar-refractivity contribution is 7.99. The highest BCUT2D eigenvalue weighted by Crippen LogP contribution is 2.34. The number of methoxy groups -OCH3 is 1. The number of halogens is 1. The first-order valence-electron chi connectivity index (χ1n) is 6.51. The average molecular weight is 331 g/mol. The van der Waals surface area contributed by atoms with Gasteiger partial charge in [-0.05, 0) is 42.0 Å². The largest absolute Gasteiger partial charge is 0.497 e. The molecule has 3 nitrogen and oxygen atoms in total. The van der Waals surface area contributed by atoms with E-state index in [0.717, 1.165) is 10.6 Å². The lowest BCUT2D eigenvalue weighted by Crippen LogP contribution is -2.34. The summed E-state index contributed by atoms with van der Waals surface area (Å²) >= 11 is 7.14. The second-order valence-electron chi connectivity index (χ2n) is 4.65. The molecule has 0 heterocycles. The molecule has 22 heavy (non-hydrogen) atoms. The minimum atomic E-state index is -0.446. The van der Waals surface area contributed by atoms with Crippen LogP contribution in [0, 0.1) is 0 Å². The van der Waals surface area contributed by atoms with E-state index in [0.29, 0.717) is 21.0 Å². The zero-order chi connectivity index (χ0) is 15.7. The van der Waals surface area contributed by atoms with Crippen LogP contribution in [0.15, 0.2) is 67.9 Å². The minimum absolute atomic E-state index is 0.439. The molecule has 0 aliphatic carbocycles. The van der Waals surface area contributed by atoms with Crippen molar-refractivity contribution >= 4 is 23.4 Å². The van der Waals surface area contributed by atoms with Crippen LogP contribution >= 0.6 is 23.4 Å². The van der Waals surface area contributed by atoms with Gasteiger partial charge in [-0.2, -0.15) is 0 Å². The van der Waals surface area contributed by atoms with Gasteiger partial charge in [0, 0.05) is 9.92 Å². The van der Waals surface area contributed by atoms with Gasteiger partial charge in [0.1, 0.15) is 5.75 Å². The summed E-state index contributed by atoms with van der Waals surface area (Å²) < 4.78 is 5.10. The van der Waals surface area contributed by atoms with E-state index < -0.39 is 10.9 Å². The van der Waals surface area contributed by atoms with Crippen molar-refractivity contribution in [2.75, 3.05) is 7.11 Å². The van der Waals surface area contributed by atoms with Crippen LogP contribution < -0.4 is 15.6 Å². The summed E-state index contributed by atoms with van der Waals surface area (Å²) in [5.74, 6) is 0.743.